The van der Waals surface area contributed by atoms with Crippen molar-refractivity contribution in [2.45, 2.75) is 73.0 Å². The Morgan fingerprint density at radius 1 is 0.971 bits per heavy atom. The number of nitrogens with zero attached hydrogens (tertiary/aromatic N) is 2. The molecular weight excluding hydrogens is 462 g/mol. The molecule has 0 unspecified atom stereocenters. The molecule has 35 heavy (non-hydrogen) atoms. The highest BCUT2D eigenvalue weighted by molar-refractivity contribution is 7.92. The molecule has 0 heterocycles. The number of nitrogens with one attached hydrogen (secondary N) is 1. The number of aryl methyl sites for hydroxylation is 3. The second-order valence-electron chi connectivity index (χ2n) is 9.56. The molecule has 0 saturated carbocycles. The third kappa shape index (κ3) is 8.38. The van der Waals surface area contributed by atoms with Crippen molar-refractivity contribution in [2.24, 2.45) is 0 Å². The van der Waals surface area contributed by atoms with Crippen molar-refractivity contribution in [3.05, 3.63) is 64.7 Å². The fourth-order valence-corrected chi connectivity index (χ4v) is 4.84. The van der Waals surface area contributed by atoms with Crippen molar-refractivity contribution in [1.29, 1.82) is 0 Å². The van der Waals surface area contributed by atoms with Crippen LogP contribution in [0.25, 0.3) is 0 Å². The Morgan fingerprint density at radius 3 is 2.23 bits per heavy atom. The molecule has 0 aliphatic rings. The molecule has 1 N–H and O–H groups in total. The number of rotatable bonds is 11. The molecule has 0 spiro atoms. The van der Waals surface area contributed by atoms with Crippen LogP contribution in [0.2, 0.25) is 0 Å². The lowest BCUT2D eigenvalue weighted by Gasteiger charge is -2.30. The van der Waals surface area contributed by atoms with Gasteiger partial charge in [-0.1, -0.05) is 35.9 Å². The average molecular weight is 502 g/mol. The van der Waals surface area contributed by atoms with E-state index in [1.165, 1.54) is 10.6 Å². The molecule has 2 aromatic rings. The standard InChI is InChI=1S/C27H39N3O4S/c1-19(2)28-27(32)23(6)29(18-24-11-8-10-20(3)16-24)26(31)12-9-15-30(35(7,33)34)25-14-13-21(4)22(5)17-25/h8,10-11,13-14,16-17,19,23H,9,12,15,18H2,1-7H3,(H,28,32)/t23-/m0/s1. The lowest BCUT2D eigenvalue weighted by atomic mass is 10.1. The molecule has 8 heteroatoms. The monoisotopic (exact) mass is 501 g/mol. The first-order valence-electron chi connectivity index (χ1n) is 12.0. The molecule has 2 amide bonds. The summed E-state index contributed by atoms with van der Waals surface area (Å²) in [6.07, 6.45) is 1.63. The smallest absolute Gasteiger partial charge is 0.242 e. The summed E-state index contributed by atoms with van der Waals surface area (Å²) in [6.45, 7) is 11.9. The van der Waals surface area contributed by atoms with Crippen LogP contribution in [0.5, 0.6) is 0 Å². The van der Waals surface area contributed by atoms with E-state index in [1.807, 2.05) is 71.0 Å². The molecular formula is C27H39N3O4S. The number of amides is 2. The first-order chi connectivity index (χ1) is 16.3. The maximum atomic E-state index is 13.3. The molecule has 0 saturated heterocycles. The van der Waals surface area contributed by atoms with Crippen molar-refractivity contribution in [1.82, 2.24) is 10.2 Å². The summed E-state index contributed by atoms with van der Waals surface area (Å²) in [7, 11) is -3.52. The summed E-state index contributed by atoms with van der Waals surface area (Å²) in [5.74, 6) is -0.402. The van der Waals surface area contributed by atoms with Gasteiger partial charge in [-0.25, -0.2) is 8.42 Å². The number of anilines is 1. The maximum absolute atomic E-state index is 13.3. The first kappa shape index (κ1) is 28.4. The first-order valence-corrected chi connectivity index (χ1v) is 13.8. The number of carbonyl (C=O) groups excluding carboxylic acids is 2. The minimum Gasteiger partial charge on any atom is -0.352 e. The number of benzene rings is 2. The van der Waals surface area contributed by atoms with E-state index in [2.05, 4.69) is 5.32 Å². The van der Waals surface area contributed by atoms with Crippen LogP contribution >= 0.6 is 0 Å². The van der Waals surface area contributed by atoms with E-state index in [0.29, 0.717) is 18.7 Å². The van der Waals surface area contributed by atoms with E-state index in [0.717, 1.165) is 22.3 Å². The molecule has 192 valence electrons. The topological polar surface area (TPSA) is 86.8 Å². The predicted octanol–water partition coefficient (Wildman–Crippen LogP) is 4.10. The number of hydrogen-bond acceptors (Lipinski definition) is 4. The van der Waals surface area contributed by atoms with Gasteiger partial charge in [0.1, 0.15) is 6.04 Å². The zero-order chi connectivity index (χ0) is 26.3. The van der Waals surface area contributed by atoms with Gasteiger partial charge in [0.05, 0.1) is 11.9 Å². The highest BCUT2D eigenvalue weighted by Gasteiger charge is 2.27. The van der Waals surface area contributed by atoms with Gasteiger partial charge in [-0.2, -0.15) is 0 Å². The Bertz CT molecular complexity index is 1140. The second kappa shape index (κ2) is 12.2. The molecule has 2 aromatic carbocycles. The molecule has 0 bridgehead atoms. The molecule has 7 nitrogen and oxygen atoms in total. The number of sulfonamides is 1. The van der Waals surface area contributed by atoms with Gasteiger partial charge >= 0.3 is 0 Å². The highest BCUT2D eigenvalue weighted by atomic mass is 32.2. The van der Waals surface area contributed by atoms with Gasteiger partial charge in [-0.05, 0) is 76.8 Å². The van der Waals surface area contributed by atoms with Crippen LogP contribution in [-0.4, -0.2) is 50.0 Å². The van der Waals surface area contributed by atoms with Crippen molar-refractivity contribution < 1.29 is 18.0 Å². The van der Waals surface area contributed by atoms with Crippen molar-refractivity contribution in [3.63, 3.8) is 0 Å². The minimum atomic E-state index is -3.52. The van der Waals surface area contributed by atoms with Gasteiger partial charge in [0.2, 0.25) is 21.8 Å². The van der Waals surface area contributed by atoms with Crippen LogP contribution in [0.1, 0.15) is 55.9 Å². The van der Waals surface area contributed by atoms with Crippen LogP contribution in [0, 0.1) is 20.8 Å². The zero-order valence-corrected chi connectivity index (χ0v) is 22.8. The van der Waals surface area contributed by atoms with Crippen molar-refractivity contribution in [3.8, 4) is 0 Å². The fraction of sp³-hybridized carbons (Fsp3) is 0.481. The van der Waals surface area contributed by atoms with Crippen LogP contribution in [0.4, 0.5) is 5.69 Å². The molecule has 0 aromatic heterocycles. The van der Waals surface area contributed by atoms with Gasteiger partial charge in [-0.3, -0.25) is 13.9 Å². The fourth-order valence-electron chi connectivity index (χ4n) is 3.88. The van der Waals surface area contributed by atoms with E-state index in [1.54, 1.807) is 17.9 Å². The SMILES string of the molecule is Cc1cccc(CN(C(=O)CCCN(c2ccc(C)c(C)c2)S(C)(=O)=O)[C@@H](C)C(=O)NC(C)C)c1. The van der Waals surface area contributed by atoms with E-state index < -0.39 is 16.1 Å². The van der Waals surface area contributed by atoms with E-state index in [4.69, 9.17) is 0 Å². The Kier molecular flexibility index (Phi) is 9.89. The Morgan fingerprint density at radius 2 is 1.66 bits per heavy atom. The molecule has 0 fully saturated rings. The van der Waals surface area contributed by atoms with Crippen molar-refractivity contribution >= 4 is 27.5 Å². The number of carbonyl (C=O) groups is 2. The quantitative estimate of drug-likeness (QED) is 0.502. The Hall–Kier alpha value is -2.87. The lowest BCUT2D eigenvalue weighted by Crippen LogP contribution is -2.49. The minimum absolute atomic E-state index is 0.0397. The summed E-state index contributed by atoms with van der Waals surface area (Å²) >= 11 is 0. The zero-order valence-electron chi connectivity index (χ0n) is 22.0. The Labute approximate surface area is 210 Å². The maximum Gasteiger partial charge on any atom is 0.242 e. The Balaban J connectivity index is 2.19. The van der Waals surface area contributed by atoms with Gasteiger partial charge in [0.15, 0.2) is 0 Å². The summed E-state index contributed by atoms with van der Waals surface area (Å²) in [5, 5.41) is 2.88. The van der Waals surface area contributed by atoms with Gasteiger partial charge in [0.25, 0.3) is 0 Å². The van der Waals surface area contributed by atoms with Crippen LogP contribution in [0.3, 0.4) is 0 Å². The van der Waals surface area contributed by atoms with Crippen LogP contribution in [-0.2, 0) is 26.2 Å². The third-order valence-electron chi connectivity index (χ3n) is 5.96. The second-order valence-corrected chi connectivity index (χ2v) is 11.5. The molecule has 2 rings (SSSR count). The summed E-state index contributed by atoms with van der Waals surface area (Å²) in [5.41, 5.74) is 4.69. The van der Waals surface area contributed by atoms with Crippen LogP contribution in [0.15, 0.2) is 42.5 Å². The largest absolute Gasteiger partial charge is 0.352 e. The highest BCUT2D eigenvalue weighted by Crippen LogP contribution is 2.22. The van der Waals surface area contributed by atoms with E-state index >= 15 is 0 Å². The van der Waals surface area contributed by atoms with E-state index in [9.17, 15) is 18.0 Å². The summed E-state index contributed by atoms with van der Waals surface area (Å²) in [4.78, 5) is 27.6. The number of hydrogen-bond donors (Lipinski definition) is 1. The van der Waals surface area contributed by atoms with Crippen molar-refractivity contribution in [2.75, 3.05) is 17.1 Å². The summed E-state index contributed by atoms with van der Waals surface area (Å²) < 4.78 is 26.3. The summed E-state index contributed by atoms with van der Waals surface area (Å²) in [6, 6.07) is 12.7. The van der Waals surface area contributed by atoms with Gasteiger partial charge in [0, 0.05) is 25.6 Å². The third-order valence-corrected chi connectivity index (χ3v) is 7.16. The average Bonchev–Trinajstić information content (AvgIpc) is 2.75. The van der Waals surface area contributed by atoms with E-state index in [-0.39, 0.29) is 30.8 Å². The lowest BCUT2D eigenvalue weighted by molar-refractivity contribution is -0.140. The molecule has 1 atom stereocenters. The molecule has 0 radical (unpaired) electrons. The normalized spacial score (nSPS) is 12.3. The van der Waals surface area contributed by atoms with Crippen LogP contribution < -0.4 is 9.62 Å². The molecule has 0 aliphatic carbocycles. The van der Waals surface area contributed by atoms with Gasteiger partial charge in [-0.15, -0.1) is 0 Å². The van der Waals surface area contributed by atoms with Gasteiger partial charge < -0.3 is 10.2 Å². The molecule has 0 aliphatic heterocycles. The predicted molar refractivity (Wildman–Crippen MR) is 142 cm³/mol.